The fourth-order valence-electron chi connectivity index (χ4n) is 3.12. The van der Waals surface area contributed by atoms with Crippen LogP contribution in [0.25, 0.3) is 11.1 Å². The lowest BCUT2D eigenvalue weighted by Gasteiger charge is -2.13. The van der Waals surface area contributed by atoms with Crippen molar-refractivity contribution in [2.45, 2.75) is 12.6 Å². The molecule has 0 bridgehead atoms. The molecular weight excluding hydrogens is 260 g/mol. The Kier molecular flexibility index (Phi) is 2.82. The van der Waals surface area contributed by atoms with E-state index in [-0.39, 0.29) is 6.04 Å². The van der Waals surface area contributed by atoms with Crippen LogP contribution >= 0.6 is 0 Å². The van der Waals surface area contributed by atoms with Crippen LogP contribution in [0.5, 0.6) is 0 Å². The van der Waals surface area contributed by atoms with E-state index in [1.807, 2.05) is 17.9 Å². The first-order chi connectivity index (χ1) is 10.4. The zero-order chi connectivity index (χ0) is 14.2. The average molecular weight is 276 g/mol. The Morgan fingerprint density at radius 2 is 1.62 bits per heavy atom. The molecule has 0 unspecified atom stereocenters. The molecule has 0 aliphatic heterocycles. The SMILES string of the molecule is CNCc1cn(C2c3ccccc3-c3ccccc32)nn1. The van der Waals surface area contributed by atoms with Gasteiger partial charge in [-0.1, -0.05) is 53.7 Å². The number of nitrogens with zero attached hydrogens (tertiary/aromatic N) is 3. The molecule has 2 aromatic carbocycles. The Hall–Kier alpha value is -2.46. The normalized spacial score (nSPS) is 13.2. The summed E-state index contributed by atoms with van der Waals surface area (Å²) in [5.74, 6) is 0. The van der Waals surface area contributed by atoms with Crippen LogP contribution in [0.3, 0.4) is 0 Å². The van der Waals surface area contributed by atoms with Crippen LogP contribution in [0, 0.1) is 0 Å². The topological polar surface area (TPSA) is 42.7 Å². The Balaban J connectivity index is 1.88. The molecule has 4 heteroatoms. The molecule has 1 aliphatic rings. The van der Waals surface area contributed by atoms with Gasteiger partial charge in [-0.3, -0.25) is 0 Å². The number of rotatable bonds is 3. The van der Waals surface area contributed by atoms with Crippen LogP contribution in [0.4, 0.5) is 0 Å². The first-order valence-corrected chi connectivity index (χ1v) is 7.12. The van der Waals surface area contributed by atoms with Crippen molar-refractivity contribution in [3.8, 4) is 11.1 Å². The molecule has 1 heterocycles. The van der Waals surface area contributed by atoms with Gasteiger partial charge in [-0.2, -0.15) is 0 Å². The Morgan fingerprint density at radius 1 is 1.00 bits per heavy atom. The van der Waals surface area contributed by atoms with Gasteiger partial charge in [0.25, 0.3) is 0 Å². The van der Waals surface area contributed by atoms with Crippen molar-refractivity contribution in [3.05, 3.63) is 71.5 Å². The van der Waals surface area contributed by atoms with Crippen molar-refractivity contribution in [1.29, 1.82) is 0 Å². The van der Waals surface area contributed by atoms with Gasteiger partial charge in [0.15, 0.2) is 0 Å². The average Bonchev–Trinajstić information content (AvgIpc) is 3.10. The van der Waals surface area contributed by atoms with E-state index in [0.29, 0.717) is 0 Å². The Labute approximate surface area is 123 Å². The summed E-state index contributed by atoms with van der Waals surface area (Å²) in [5.41, 5.74) is 6.13. The highest BCUT2D eigenvalue weighted by molar-refractivity contribution is 5.78. The van der Waals surface area contributed by atoms with Crippen LogP contribution < -0.4 is 5.32 Å². The fourth-order valence-corrected chi connectivity index (χ4v) is 3.12. The van der Waals surface area contributed by atoms with Crippen molar-refractivity contribution in [1.82, 2.24) is 20.3 Å². The first-order valence-electron chi connectivity index (χ1n) is 7.12. The van der Waals surface area contributed by atoms with E-state index in [9.17, 15) is 0 Å². The summed E-state index contributed by atoms with van der Waals surface area (Å²) in [5, 5.41) is 11.7. The molecule has 1 aliphatic carbocycles. The van der Waals surface area contributed by atoms with Crippen molar-refractivity contribution < 1.29 is 0 Å². The first kappa shape index (κ1) is 12.3. The summed E-state index contributed by atoms with van der Waals surface area (Å²) < 4.78 is 1.97. The summed E-state index contributed by atoms with van der Waals surface area (Å²) >= 11 is 0. The number of benzene rings is 2. The number of fused-ring (bicyclic) bond motifs is 3. The predicted octanol–water partition coefficient (Wildman–Crippen LogP) is 2.62. The van der Waals surface area contributed by atoms with E-state index in [2.05, 4.69) is 64.2 Å². The maximum absolute atomic E-state index is 4.34. The third-order valence-corrected chi connectivity index (χ3v) is 3.98. The van der Waals surface area contributed by atoms with Gasteiger partial charge in [0.1, 0.15) is 6.04 Å². The van der Waals surface area contributed by atoms with Crippen molar-refractivity contribution in [2.75, 3.05) is 7.05 Å². The predicted molar refractivity (Wildman–Crippen MR) is 81.9 cm³/mol. The lowest BCUT2D eigenvalue weighted by atomic mass is 10.1. The number of hydrogen-bond donors (Lipinski definition) is 1. The summed E-state index contributed by atoms with van der Waals surface area (Å²) in [4.78, 5) is 0. The van der Waals surface area contributed by atoms with Gasteiger partial charge < -0.3 is 5.32 Å². The van der Waals surface area contributed by atoms with Gasteiger partial charge in [0, 0.05) is 6.54 Å². The van der Waals surface area contributed by atoms with Gasteiger partial charge in [-0.05, 0) is 29.3 Å². The van der Waals surface area contributed by atoms with E-state index in [1.165, 1.54) is 22.3 Å². The molecule has 4 rings (SSSR count). The highest BCUT2D eigenvalue weighted by Gasteiger charge is 2.30. The van der Waals surface area contributed by atoms with Gasteiger partial charge in [-0.15, -0.1) is 5.10 Å². The molecule has 3 aromatic rings. The summed E-state index contributed by atoms with van der Waals surface area (Å²) in [6.07, 6.45) is 2.03. The number of aromatic nitrogens is 3. The minimum Gasteiger partial charge on any atom is -0.314 e. The van der Waals surface area contributed by atoms with Crippen LogP contribution in [-0.2, 0) is 6.54 Å². The van der Waals surface area contributed by atoms with Crippen molar-refractivity contribution in [2.24, 2.45) is 0 Å². The maximum atomic E-state index is 4.34. The largest absolute Gasteiger partial charge is 0.314 e. The second kappa shape index (κ2) is 4.82. The van der Waals surface area contributed by atoms with Crippen LogP contribution in [0.15, 0.2) is 54.7 Å². The smallest absolute Gasteiger partial charge is 0.105 e. The molecule has 104 valence electrons. The standard InChI is InChI=1S/C17H16N4/c1-18-10-12-11-21(20-19-12)17-15-8-4-2-6-13(15)14-7-3-5-9-16(14)17/h2-9,11,17-18H,10H2,1H3. The summed E-state index contributed by atoms with van der Waals surface area (Å²) in [7, 11) is 1.92. The molecule has 0 saturated carbocycles. The van der Waals surface area contributed by atoms with Gasteiger partial charge >= 0.3 is 0 Å². The van der Waals surface area contributed by atoms with E-state index in [1.54, 1.807) is 0 Å². The second-order valence-corrected chi connectivity index (χ2v) is 5.30. The minimum atomic E-state index is 0.121. The Bertz CT molecular complexity index is 745. The molecule has 1 aromatic heterocycles. The highest BCUT2D eigenvalue weighted by atomic mass is 15.4. The molecule has 0 atom stereocenters. The molecule has 1 N–H and O–H groups in total. The van der Waals surface area contributed by atoms with Crippen molar-refractivity contribution in [3.63, 3.8) is 0 Å². The molecule has 21 heavy (non-hydrogen) atoms. The third-order valence-electron chi connectivity index (χ3n) is 3.98. The fraction of sp³-hybridized carbons (Fsp3) is 0.176. The molecule has 4 nitrogen and oxygen atoms in total. The van der Waals surface area contributed by atoms with Gasteiger partial charge in [0.2, 0.25) is 0 Å². The van der Waals surface area contributed by atoms with Gasteiger partial charge in [-0.25, -0.2) is 4.68 Å². The zero-order valence-electron chi connectivity index (χ0n) is 11.8. The summed E-state index contributed by atoms with van der Waals surface area (Å²) in [6.45, 7) is 0.732. The third kappa shape index (κ3) is 1.87. The number of nitrogens with one attached hydrogen (secondary N) is 1. The zero-order valence-corrected chi connectivity index (χ0v) is 11.8. The lowest BCUT2D eigenvalue weighted by molar-refractivity contribution is 0.580. The summed E-state index contributed by atoms with van der Waals surface area (Å²) in [6, 6.07) is 17.2. The van der Waals surface area contributed by atoms with Crippen molar-refractivity contribution >= 4 is 0 Å². The maximum Gasteiger partial charge on any atom is 0.105 e. The van der Waals surface area contributed by atoms with E-state index in [4.69, 9.17) is 0 Å². The molecule has 0 spiro atoms. The minimum absolute atomic E-state index is 0.121. The molecule has 0 amide bonds. The molecular formula is C17H16N4. The number of hydrogen-bond acceptors (Lipinski definition) is 3. The van der Waals surface area contributed by atoms with Gasteiger partial charge in [0.05, 0.1) is 11.9 Å². The van der Waals surface area contributed by atoms with E-state index < -0.39 is 0 Å². The Morgan fingerprint density at radius 3 is 2.24 bits per heavy atom. The quantitative estimate of drug-likeness (QED) is 0.625. The van der Waals surface area contributed by atoms with Crippen LogP contribution in [0.1, 0.15) is 22.9 Å². The molecule has 0 saturated heterocycles. The second-order valence-electron chi connectivity index (χ2n) is 5.30. The highest BCUT2D eigenvalue weighted by Crippen LogP contribution is 2.44. The monoisotopic (exact) mass is 276 g/mol. The van der Waals surface area contributed by atoms with Crippen LogP contribution in [0.2, 0.25) is 0 Å². The molecule has 0 fully saturated rings. The molecule has 0 radical (unpaired) electrons. The van der Waals surface area contributed by atoms with E-state index in [0.717, 1.165) is 12.2 Å². The lowest BCUT2D eigenvalue weighted by Crippen LogP contribution is -2.10. The van der Waals surface area contributed by atoms with Crippen LogP contribution in [-0.4, -0.2) is 22.0 Å². The van der Waals surface area contributed by atoms with E-state index >= 15 is 0 Å².